The highest BCUT2D eigenvalue weighted by atomic mass is 35.5. The van der Waals surface area contributed by atoms with Crippen LogP contribution in [0.2, 0.25) is 10.0 Å². The Morgan fingerprint density at radius 3 is 2.39 bits per heavy atom. The first-order valence-corrected chi connectivity index (χ1v) is 6.58. The molecule has 2 rings (SSSR count). The summed E-state index contributed by atoms with van der Waals surface area (Å²) in [4.78, 5) is 12.4. The zero-order chi connectivity index (χ0) is 13.1. The molecular weight excluding hydrogens is 291 g/mol. The molecule has 0 aromatic heterocycles. The van der Waals surface area contributed by atoms with Gasteiger partial charge >= 0.3 is 0 Å². The molecule has 0 aliphatic carbocycles. The number of hydrogen-bond donors (Lipinski definition) is 0. The van der Waals surface area contributed by atoms with Gasteiger partial charge < -0.3 is 9.90 Å². The summed E-state index contributed by atoms with van der Waals surface area (Å²) in [5.74, 6) is -1.29. The van der Waals surface area contributed by atoms with Crippen molar-refractivity contribution in [3.63, 3.8) is 0 Å². The molecule has 5 heteroatoms. The van der Waals surface area contributed by atoms with Crippen LogP contribution in [-0.4, -0.2) is 5.97 Å². The Hall–Kier alpha value is -1.16. The molecule has 2 nitrogen and oxygen atoms in total. The lowest BCUT2D eigenvalue weighted by atomic mass is 10.2. The first-order chi connectivity index (χ1) is 8.58. The SMILES string of the molecule is O=C([O-])c1cc(Cl)cc(Cl)c1Sc1ccccc1. The molecule has 0 atom stereocenters. The molecule has 0 unspecified atom stereocenters. The van der Waals surface area contributed by atoms with E-state index in [1.165, 1.54) is 23.9 Å². The van der Waals surface area contributed by atoms with E-state index in [2.05, 4.69) is 0 Å². The Labute approximate surface area is 119 Å². The molecule has 0 spiro atoms. The highest BCUT2D eigenvalue weighted by Gasteiger charge is 2.11. The normalized spacial score (nSPS) is 10.3. The van der Waals surface area contributed by atoms with Gasteiger partial charge in [0.15, 0.2) is 0 Å². The summed E-state index contributed by atoms with van der Waals surface area (Å²) in [6.07, 6.45) is 0. The molecular formula is C13H7Cl2O2S-. The molecule has 2 aromatic rings. The number of hydrogen-bond acceptors (Lipinski definition) is 3. The number of rotatable bonds is 3. The minimum absolute atomic E-state index is 0.00125. The molecule has 92 valence electrons. The van der Waals surface area contributed by atoms with E-state index in [1.54, 1.807) is 0 Å². The largest absolute Gasteiger partial charge is 0.545 e. The van der Waals surface area contributed by atoms with Gasteiger partial charge in [0.2, 0.25) is 0 Å². The van der Waals surface area contributed by atoms with Crippen LogP contribution in [-0.2, 0) is 0 Å². The fourth-order valence-corrected chi connectivity index (χ4v) is 2.97. The van der Waals surface area contributed by atoms with Crippen molar-refractivity contribution in [2.24, 2.45) is 0 Å². The fraction of sp³-hybridized carbons (Fsp3) is 0. The second kappa shape index (κ2) is 5.65. The van der Waals surface area contributed by atoms with Crippen LogP contribution in [0, 0.1) is 0 Å². The third-order valence-electron chi connectivity index (χ3n) is 2.19. The lowest BCUT2D eigenvalue weighted by Gasteiger charge is -2.12. The number of benzene rings is 2. The zero-order valence-corrected chi connectivity index (χ0v) is 11.4. The molecule has 0 heterocycles. The van der Waals surface area contributed by atoms with Crippen molar-refractivity contribution in [1.29, 1.82) is 0 Å². The first kappa shape index (κ1) is 13.3. The highest BCUT2D eigenvalue weighted by molar-refractivity contribution is 7.99. The summed E-state index contributed by atoms with van der Waals surface area (Å²) in [5.41, 5.74) is 0.00125. The molecule has 0 fully saturated rings. The predicted octanol–water partition coefficient (Wildman–Crippen LogP) is 3.51. The van der Waals surface area contributed by atoms with Crippen LogP contribution in [0.15, 0.2) is 52.3 Å². The van der Waals surface area contributed by atoms with E-state index in [4.69, 9.17) is 23.2 Å². The van der Waals surface area contributed by atoms with Gasteiger partial charge in [-0.1, -0.05) is 53.2 Å². The van der Waals surface area contributed by atoms with Crippen molar-refractivity contribution in [1.82, 2.24) is 0 Å². The molecule has 0 amide bonds. The van der Waals surface area contributed by atoms with Gasteiger partial charge in [0.05, 0.1) is 11.0 Å². The fourth-order valence-electron chi connectivity index (χ4n) is 1.42. The van der Waals surface area contributed by atoms with Gasteiger partial charge in [0.25, 0.3) is 0 Å². The molecule has 0 N–H and O–H groups in total. The summed E-state index contributed by atoms with van der Waals surface area (Å²) in [6, 6.07) is 12.2. The van der Waals surface area contributed by atoms with Gasteiger partial charge in [-0.05, 0) is 24.3 Å². The number of carboxylic acid groups (broad SMARTS) is 1. The van der Waals surface area contributed by atoms with E-state index in [0.29, 0.717) is 9.92 Å². The summed E-state index contributed by atoms with van der Waals surface area (Å²) in [6.45, 7) is 0. The maximum atomic E-state index is 11.1. The number of halogens is 2. The predicted molar refractivity (Wildman–Crippen MR) is 71.4 cm³/mol. The van der Waals surface area contributed by atoms with Gasteiger partial charge in [-0.3, -0.25) is 0 Å². The van der Waals surface area contributed by atoms with Crippen LogP contribution in [0.3, 0.4) is 0 Å². The maximum absolute atomic E-state index is 11.1. The van der Waals surface area contributed by atoms with Crippen molar-refractivity contribution in [3.05, 3.63) is 58.1 Å². The third-order valence-corrected chi connectivity index (χ3v) is 3.97. The van der Waals surface area contributed by atoms with Gasteiger partial charge in [-0.25, -0.2) is 0 Å². The van der Waals surface area contributed by atoms with Gasteiger partial charge in [0, 0.05) is 20.4 Å². The quantitative estimate of drug-likeness (QED) is 0.870. The van der Waals surface area contributed by atoms with E-state index in [-0.39, 0.29) is 10.6 Å². The first-order valence-electron chi connectivity index (χ1n) is 5.01. The molecule has 0 saturated carbocycles. The second-order valence-corrected chi connectivity index (χ2v) is 5.39. The third kappa shape index (κ3) is 2.99. The van der Waals surface area contributed by atoms with Gasteiger partial charge in [-0.2, -0.15) is 0 Å². The molecule has 2 aromatic carbocycles. The maximum Gasteiger partial charge on any atom is 0.0727 e. The van der Waals surface area contributed by atoms with E-state index in [1.807, 2.05) is 30.3 Å². The number of carbonyl (C=O) groups excluding carboxylic acids is 1. The van der Waals surface area contributed by atoms with Crippen LogP contribution in [0.4, 0.5) is 0 Å². The Morgan fingerprint density at radius 2 is 1.78 bits per heavy atom. The summed E-state index contributed by atoms with van der Waals surface area (Å²) in [7, 11) is 0. The zero-order valence-electron chi connectivity index (χ0n) is 9.02. The Kier molecular flexibility index (Phi) is 4.17. The van der Waals surface area contributed by atoms with E-state index in [9.17, 15) is 9.90 Å². The molecule has 0 saturated heterocycles. The van der Waals surface area contributed by atoms with Crippen molar-refractivity contribution in [3.8, 4) is 0 Å². The standard InChI is InChI=1S/C13H8Cl2O2S/c14-8-6-10(13(16)17)12(11(15)7-8)18-9-4-2-1-3-5-9/h1-7H,(H,16,17)/p-1. The van der Waals surface area contributed by atoms with Gasteiger partial charge in [-0.15, -0.1) is 0 Å². The smallest absolute Gasteiger partial charge is 0.0727 e. The van der Waals surface area contributed by atoms with E-state index < -0.39 is 5.97 Å². The Morgan fingerprint density at radius 1 is 1.11 bits per heavy atom. The minimum Gasteiger partial charge on any atom is -0.545 e. The molecule has 0 aliphatic heterocycles. The summed E-state index contributed by atoms with van der Waals surface area (Å²) >= 11 is 13.1. The van der Waals surface area contributed by atoms with Gasteiger partial charge in [0.1, 0.15) is 0 Å². The molecule has 0 aliphatic rings. The lowest BCUT2D eigenvalue weighted by molar-refractivity contribution is -0.255. The average molecular weight is 298 g/mol. The Balaban J connectivity index is 2.47. The van der Waals surface area contributed by atoms with Crippen LogP contribution < -0.4 is 5.11 Å². The Bertz CT molecular complexity index is 585. The lowest BCUT2D eigenvalue weighted by Crippen LogP contribution is -2.23. The van der Waals surface area contributed by atoms with E-state index >= 15 is 0 Å². The highest BCUT2D eigenvalue weighted by Crippen LogP contribution is 2.37. The van der Waals surface area contributed by atoms with Crippen molar-refractivity contribution >= 4 is 40.9 Å². The van der Waals surface area contributed by atoms with Crippen molar-refractivity contribution < 1.29 is 9.90 Å². The topological polar surface area (TPSA) is 40.1 Å². The van der Waals surface area contributed by atoms with Crippen molar-refractivity contribution in [2.45, 2.75) is 9.79 Å². The number of carbonyl (C=O) groups is 1. The second-order valence-electron chi connectivity index (χ2n) is 3.47. The van der Waals surface area contributed by atoms with Crippen LogP contribution in [0.1, 0.15) is 10.4 Å². The molecule has 18 heavy (non-hydrogen) atoms. The molecule has 0 bridgehead atoms. The summed E-state index contributed by atoms with van der Waals surface area (Å²) in [5, 5.41) is 11.7. The number of carboxylic acids is 1. The average Bonchev–Trinajstić information content (AvgIpc) is 2.33. The van der Waals surface area contributed by atoms with Crippen LogP contribution in [0.5, 0.6) is 0 Å². The summed E-state index contributed by atoms with van der Waals surface area (Å²) < 4.78 is 0. The minimum atomic E-state index is -1.29. The number of aromatic carboxylic acids is 1. The van der Waals surface area contributed by atoms with Crippen LogP contribution >= 0.6 is 35.0 Å². The van der Waals surface area contributed by atoms with Crippen LogP contribution in [0.25, 0.3) is 0 Å². The monoisotopic (exact) mass is 297 g/mol. The van der Waals surface area contributed by atoms with Crippen molar-refractivity contribution in [2.75, 3.05) is 0 Å². The molecule has 0 radical (unpaired) electrons. The van der Waals surface area contributed by atoms with E-state index in [0.717, 1.165) is 4.90 Å².